The summed E-state index contributed by atoms with van der Waals surface area (Å²) in [5, 5.41) is 18.5. The van der Waals surface area contributed by atoms with E-state index in [1.165, 1.54) is 30.5 Å². The monoisotopic (exact) mass is 396 g/mol. The Morgan fingerprint density at radius 3 is 2.82 bits per heavy atom. The molecule has 2 aromatic rings. The zero-order chi connectivity index (χ0) is 20.3. The van der Waals surface area contributed by atoms with Crippen molar-refractivity contribution >= 4 is 22.7 Å². The maximum atomic E-state index is 14.6. The fourth-order valence-electron chi connectivity index (χ4n) is 2.95. The molecule has 0 fully saturated rings. The predicted octanol–water partition coefficient (Wildman–Crippen LogP) is 2.67. The molecule has 0 amide bonds. The molecule has 1 aliphatic rings. The van der Waals surface area contributed by atoms with Gasteiger partial charge in [0.25, 0.3) is 0 Å². The normalized spacial score (nSPS) is 18.8. The number of aliphatic hydroxyl groups excluding tert-OH is 1. The zero-order valence-electron chi connectivity index (χ0n) is 15.0. The molecule has 28 heavy (non-hydrogen) atoms. The van der Waals surface area contributed by atoms with E-state index in [-0.39, 0.29) is 35.2 Å². The third-order valence-corrected chi connectivity index (χ3v) is 5.10. The Morgan fingerprint density at radius 2 is 2.18 bits per heavy atom. The molecular formula is C20H17FN4O2S. The third-order valence-electron chi connectivity index (χ3n) is 4.30. The van der Waals surface area contributed by atoms with Crippen LogP contribution in [-0.2, 0) is 12.0 Å². The molecule has 142 valence electrons. The lowest BCUT2D eigenvalue weighted by molar-refractivity contribution is 0.0988. The number of amidine groups is 1. The first-order chi connectivity index (χ1) is 13.3. The number of nitrogens with zero attached hydrogens (tertiary/aromatic N) is 3. The number of rotatable bonds is 5. The number of halogens is 1. The van der Waals surface area contributed by atoms with Crippen LogP contribution in [0.15, 0.2) is 52.5 Å². The van der Waals surface area contributed by atoms with Gasteiger partial charge in [0.2, 0.25) is 0 Å². The smallest absolute Gasteiger partial charge is 0.185 e. The first-order valence-corrected chi connectivity index (χ1v) is 9.20. The summed E-state index contributed by atoms with van der Waals surface area (Å²) in [6.45, 7) is 1.47. The highest BCUT2D eigenvalue weighted by Gasteiger charge is 2.31. The van der Waals surface area contributed by atoms with E-state index in [0.717, 1.165) is 11.8 Å². The number of aliphatic hydroxyl groups is 1. The van der Waals surface area contributed by atoms with Crippen molar-refractivity contribution in [3.8, 4) is 6.07 Å². The van der Waals surface area contributed by atoms with Crippen LogP contribution >= 0.6 is 11.8 Å². The van der Waals surface area contributed by atoms with Crippen LogP contribution in [0.1, 0.15) is 34.1 Å². The van der Waals surface area contributed by atoms with Crippen molar-refractivity contribution in [2.24, 2.45) is 10.7 Å². The number of aromatic nitrogens is 1. The summed E-state index contributed by atoms with van der Waals surface area (Å²) in [4.78, 5) is 21.4. The molecule has 3 rings (SSSR count). The van der Waals surface area contributed by atoms with Crippen LogP contribution in [0.4, 0.5) is 4.39 Å². The number of benzene rings is 1. The van der Waals surface area contributed by atoms with Crippen molar-refractivity contribution in [1.82, 2.24) is 4.98 Å². The molecule has 0 unspecified atom stereocenters. The summed E-state index contributed by atoms with van der Waals surface area (Å²) in [5.41, 5.74) is 6.21. The van der Waals surface area contributed by atoms with E-state index in [1.807, 2.05) is 6.07 Å². The molecule has 1 aromatic carbocycles. The summed E-state index contributed by atoms with van der Waals surface area (Å²) in [7, 11) is 0. The maximum absolute atomic E-state index is 14.6. The molecule has 0 spiro atoms. The van der Waals surface area contributed by atoms with E-state index < -0.39 is 11.4 Å². The van der Waals surface area contributed by atoms with Gasteiger partial charge in [-0.1, -0.05) is 17.8 Å². The van der Waals surface area contributed by atoms with Gasteiger partial charge in [-0.2, -0.15) is 5.26 Å². The van der Waals surface area contributed by atoms with Crippen LogP contribution in [0.3, 0.4) is 0 Å². The van der Waals surface area contributed by atoms with Crippen molar-refractivity contribution in [3.05, 3.63) is 75.7 Å². The molecule has 0 radical (unpaired) electrons. The van der Waals surface area contributed by atoms with Gasteiger partial charge in [0.05, 0.1) is 12.2 Å². The second-order valence-electron chi connectivity index (χ2n) is 6.43. The average molecular weight is 396 g/mol. The number of thioether (sulfide) groups is 1. The SMILES string of the molecule is C[C@@]1(c2cc(CC(=O)c3ccc(C#N)cn3)ccc2F)C=C(CO)SC(N)=N1. The van der Waals surface area contributed by atoms with Crippen molar-refractivity contribution in [1.29, 1.82) is 5.26 Å². The molecule has 0 saturated carbocycles. The van der Waals surface area contributed by atoms with Gasteiger partial charge in [-0.25, -0.2) is 9.38 Å². The third kappa shape index (κ3) is 4.11. The quantitative estimate of drug-likeness (QED) is 0.752. The highest BCUT2D eigenvalue weighted by atomic mass is 32.2. The Kier molecular flexibility index (Phi) is 5.58. The van der Waals surface area contributed by atoms with Gasteiger partial charge in [0.1, 0.15) is 23.1 Å². The van der Waals surface area contributed by atoms with E-state index in [4.69, 9.17) is 11.0 Å². The molecular weight excluding hydrogens is 379 g/mol. The topological polar surface area (TPSA) is 112 Å². The second-order valence-corrected chi connectivity index (χ2v) is 7.57. The van der Waals surface area contributed by atoms with Gasteiger partial charge in [0, 0.05) is 23.1 Å². The average Bonchev–Trinajstić information content (AvgIpc) is 2.68. The van der Waals surface area contributed by atoms with Crippen LogP contribution in [0.5, 0.6) is 0 Å². The lowest BCUT2D eigenvalue weighted by Crippen LogP contribution is -2.27. The molecule has 0 bridgehead atoms. The molecule has 2 heterocycles. The number of nitriles is 1. The van der Waals surface area contributed by atoms with Crippen LogP contribution in [0, 0.1) is 17.1 Å². The molecule has 1 aliphatic heterocycles. The van der Waals surface area contributed by atoms with E-state index in [2.05, 4.69) is 9.98 Å². The van der Waals surface area contributed by atoms with Gasteiger partial charge in [-0.3, -0.25) is 9.78 Å². The van der Waals surface area contributed by atoms with Gasteiger partial charge in [0.15, 0.2) is 11.0 Å². The van der Waals surface area contributed by atoms with E-state index in [0.29, 0.717) is 16.0 Å². The fraction of sp³-hybridized carbons (Fsp3) is 0.200. The molecule has 1 aromatic heterocycles. The first kappa shape index (κ1) is 19.7. The van der Waals surface area contributed by atoms with Crippen LogP contribution in [0.25, 0.3) is 0 Å². The summed E-state index contributed by atoms with van der Waals surface area (Å²) < 4.78 is 14.6. The van der Waals surface area contributed by atoms with Crippen LogP contribution in [-0.4, -0.2) is 27.6 Å². The lowest BCUT2D eigenvalue weighted by Gasteiger charge is -2.28. The van der Waals surface area contributed by atoms with E-state index in [9.17, 15) is 14.3 Å². The Bertz CT molecular complexity index is 1030. The number of carbonyl (C=O) groups excluding carboxylic acids is 1. The fourth-order valence-corrected chi connectivity index (χ4v) is 3.81. The number of carbonyl (C=O) groups is 1. The highest BCUT2D eigenvalue weighted by Crippen LogP contribution is 2.37. The summed E-state index contributed by atoms with van der Waals surface area (Å²) >= 11 is 1.14. The second kappa shape index (κ2) is 7.92. The number of aliphatic imine (C=N–C) groups is 1. The van der Waals surface area contributed by atoms with E-state index in [1.54, 1.807) is 19.1 Å². The summed E-state index contributed by atoms with van der Waals surface area (Å²) in [6, 6.07) is 9.36. The van der Waals surface area contributed by atoms with Gasteiger partial charge < -0.3 is 10.8 Å². The number of nitrogens with two attached hydrogens (primary N) is 1. The van der Waals surface area contributed by atoms with Gasteiger partial charge in [-0.15, -0.1) is 0 Å². The lowest BCUT2D eigenvalue weighted by atomic mass is 9.89. The molecule has 1 atom stereocenters. The minimum absolute atomic E-state index is 0.0206. The molecule has 8 heteroatoms. The Hall–Kier alpha value is -3.02. The van der Waals surface area contributed by atoms with Crippen molar-refractivity contribution in [3.63, 3.8) is 0 Å². The number of pyridine rings is 1. The van der Waals surface area contributed by atoms with Crippen molar-refractivity contribution in [2.45, 2.75) is 18.9 Å². The predicted molar refractivity (Wildman–Crippen MR) is 105 cm³/mol. The zero-order valence-corrected chi connectivity index (χ0v) is 15.8. The Labute approximate surface area is 165 Å². The largest absolute Gasteiger partial charge is 0.391 e. The first-order valence-electron chi connectivity index (χ1n) is 8.38. The minimum atomic E-state index is -1.08. The number of hydrogen-bond donors (Lipinski definition) is 2. The standard InChI is InChI=1S/C20H17FN4O2S/c1-20(8-14(11-26)28-19(23)25-20)15-6-12(2-4-16(15)21)7-18(27)17-5-3-13(9-22)10-24-17/h2-6,8,10,26H,7,11H2,1H3,(H2,23,25)/t20-/m0/s1. The molecule has 0 aliphatic carbocycles. The van der Waals surface area contributed by atoms with Crippen LogP contribution < -0.4 is 5.73 Å². The Balaban J connectivity index is 1.91. The Morgan fingerprint density at radius 1 is 1.39 bits per heavy atom. The van der Waals surface area contributed by atoms with E-state index >= 15 is 0 Å². The summed E-state index contributed by atoms with van der Waals surface area (Å²) in [5.74, 6) is -0.729. The number of hydrogen-bond acceptors (Lipinski definition) is 7. The molecule has 0 saturated heterocycles. The summed E-state index contributed by atoms with van der Waals surface area (Å²) in [6.07, 6.45) is 3.02. The number of Topliss-reactive ketones (excluding diaryl/α,β-unsaturated/α-hetero) is 1. The van der Waals surface area contributed by atoms with Crippen molar-refractivity contribution in [2.75, 3.05) is 6.61 Å². The highest BCUT2D eigenvalue weighted by molar-refractivity contribution is 8.17. The van der Waals surface area contributed by atoms with Crippen molar-refractivity contribution < 1.29 is 14.3 Å². The van der Waals surface area contributed by atoms with Crippen LogP contribution in [0.2, 0.25) is 0 Å². The molecule has 3 N–H and O–H groups in total. The number of ketones is 1. The molecule has 6 nitrogen and oxygen atoms in total. The van der Waals surface area contributed by atoms with Gasteiger partial charge >= 0.3 is 0 Å². The maximum Gasteiger partial charge on any atom is 0.185 e. The minimum Gasteiger partial charge on any atom is -0.391 e. The van der Waals surface area contributed by atoms with Gasteiger partial charge in [-0.05, 0) is 42.8 Å².